The molecule has 33 heavy (non-hydrogen) atoms. The molecule has 4 nitrogen and oxygen atoms in total. The van der Waals surface area contributed by atoms with Crippen molar-refractivity contribution in [3.05, 3.63) is 71.8 Å². The average molecular weight is 453 g/mol. The summed E-state index contributed by atoms with van der Waals surface area (Å²) >= 11 is 0. The van der Waals surface area contributed by atoms with Crippen LogP contribution in [0.1, 0.15) is 79.4 Å². The van der Waals surface area contributed by atoms with Gasteiger partial charge in [-0.1, -0.05) is 44.7 Å². The van der Waals surface area contributed by atoms with E-state index in [1.807, 2.05) is 45.0 Å². The van der Waals surface area contributed by atoms with Gasteiger partial charge in [0, 0.05) is 11.0 Å². The van der Waals surface area contributed by atoms with E-state index in [1.165, 1.54) is 11.1 Å². The van der Waals surface area contributed by atoms with Crippen molar-refractivity contribution in [1.29, 1.82) is 0 Å². The van der Waals surface area contributed by atoms with Crippen LogP contribution in [0.15, 0.2) is 60.7 Å². The van der Waals surface area contributed by atoms with Gasteiger partial charge in [-0.2, -0.15) is 0 Å². The van der Waals surface area contributed by atoms with E-state index < -0.39 is 11.2 Å². The van der Waals surface area contributed by atoms with Gasteiger partial charge in [-0.05, 0) is 89.8 Å². The Labute approximate surface area is 200 Å². The van der Waals surface area contributed by atoms with Crippen LogP contribution in [0.2, 0.25) is 0 Å². The number of esters is 1. The van der Waals surface area contributed by atoms with Crippen LogP contribution < -0.4 is 9.47 Å². The topological polar surface area (TPSA) is 44.8 Å². The molecular formula is C29H40O4. The van der Waals surface area contributed by atoms with Gasteiger partial charge < -0.3 is 14.2 Å². The maximum absolute atomic E-state index is 11.9. The van der Waals surface area contributed by atoms with Crippen molar-refractivity contribution in [3.8, 4) is 11.5 Å². The molecule has 0 aliphatic rings. The van der Waals surface area contributed by atoms with Gasteiger partial charge in [-0.25, -0.2) is 4.79 Å². The van der Waals surface area contributed by atoms with Crippen LogP contribution in [-0.4, -0.2) is 23.8 Å². The summed E-state index contributed by atoms with van der Waals surface area (Å²) in [4.78, 5) is 11.9. The number of hydrogen-bond acceptors (Lipinski definition) is 4. The number of ether oxygens (including phenoxy) is 3. The normalized spacial score (nSPS) is 12.2. The second-order valence-corrected chi connectivity index (χ2v) is 10.4. The molecular weight excluding hydrogens is 412 g/mol. The Hall–Kier alpha value is -2.75. The predicted octanol–water partition coefficient (Wildman–Crippen LogP) is 7.25. The lowest BCUT2D eigenvalue weighted by atomic mass is 9.78. The lowest BCUT2D eigenvalue weighted by Gasteiger charge is -2.32. The fourth-order valence-corrected chi connectivity index (χ4v) is 3.60. The molecule has 2 aromatic carbocycles. The predicted molar refractivity (Wildman–Crippen MR) is 135 cm³/mol. The van der Waals surface area contributed by atoms with Crippen molar-refractivity contribution in [2.45, 2.75) is 84.8 Å². The largest absolute Gasteiger partial charge is 0.494 e. The summed E-state index contributed by atoms with van der Waals surface area (Å²) in [6, 6.07) is 16.6. The maximum Gasteiger partial charge on any atom is 0.333 e. The van der Waals surface area contributed by atoms with Crippen LogP contribution in [0.5, 0.6) is 11.5 Å². The molecule has 0 aliphatic heterocycles. The highest BCUT2D eigenvalue weighted by atomic mass is 16.6. The summed E-state index contributed by atoms with van der Waals surface area (Å²) < 4.78 is 17.4. The van der Waals surface area contributed by atoms with Crippen molar-refractivity contribution in [1.82, 2.24) is 0 Å². The number of benzene rings is 2. The van der Waals surface area contributed by atoms with E-state index in [9.17, 15) is 4.79 Å². The molecule has 0 spiro atoms. The zero-order valence-electron chi connectivity index (χ0n) is 21.6. The van der Waals surface area contributed by atoms with E-state index in [-0.39, 0.29) is 11.4 Å². The fourth-order valence-electron chi connectivity index (χ4n) is 3.60. The molecule has 0 saturated carbocycles. The number of carbonyl (C=O) groups excluding carboxylic acids is 1. The number of rotatable bonds is 11. The minimum Gasteiger partial charge on any atom is -0.494 e. The first-order valence-electron chi connectivity index (χ1n) is 11.7. The molecule has 0 atom stereocenters. The van der Waals surface area contributed by atoms with E-state index >= 15 is 0 Å². The van der Waals surface area contributed by atoms with Gasteiger partial charge >= 0.3 is 5.97 Å². The standard InChI is InChI=1S/C29H40O4/c1-10-31-24-15-11-22(12-16-24)29(8,9)23-13-17-25(18-14-23)32-27(4,5)19-20-28(6,7)33-26(30)21(2)3/h11-18H,2,10,19-20H2,1,3-9H3. The van der Waals surface area contributed by atoms with Crippen LogP contribution in [0.25, 0.3) is 0 Å². The van der Waals surface area contributed by atoms with Crippen molar-refractivity contribution >= 4 is 5.97 Å². The highest BCUT2D eigenvalue weighted by Gasteiger charge is 2.29. The van der Waals surface area contributed by atoms with Gasteiger partial charge in [0.2, 0.25) is 0 Å². The summed E-state index contributed by atoms with van der Waals surface area (Å²) in [5.41, 5.74) is 1.72. The Morgan fingerprint density at radius 3 is 1.70 bits per heavy atom. The maximum atomic E-state index is 11.9. The molecule has 0 N–H and O–H groups in total. The van der Waals surface area contributed by atoms with Crippen LogP contribution in [0.3, 0.4) is 0 Å². The minimum absolute atomic E-state index is 0.143. The zero-order valence-corrected chi connectivity index (χ0v) is 21.6. The Bertz CT molecular complexity index is 935. The molecule has 0 bridgehead atoms. The van der Waals surface area contributed by atoms with Crippen LogP contribution in [0, 0.1) is 0 Å². The van der Waals surface area contributed by atoms with Crippen LogP contribution >= 0.6 is 0 Å². The van der Waals surface area contributed by atoms with E-state index in [0.29, 0.717) is 18.6 Å². The summed E-state index contributed by atoms with van der Waals surface area (Å²) in [5, 5.41) is 0. The first kappa shape index (κ1) is 26.5. The summed E-state index contributed by atoms with van der Waals surface area (Å²) in [6.45, 7) is 20.4. The molecule has 0 aliphatic carbocycles. The van der Waals surface area contributed by atoms with Crippen molar-refractivity contribution in [3.63, 3.8) is 0 Å². The Morgan fingerprint density at radius 1 is 0.788 bits per heavy atom. The third-order valence-electron chi connectivity index (χ3n) is 5.90. The first-order chi connectivity index (χ1) is 15.3. The molecule has 0 saturated heterocycles. The lowest BCUT2D eigenvalue weighted by molar-refractivity contribution is -0.152. The molecule has 0 heterocycles. The van der Waals surface area contributed by atoms with Gasteiger partial charge in [0.05, 0.1) is 6.61 Å². The molecule has 0 fully saturated rings. The Balaban J connectivity index is 2.03. The van der Waals surface area contributed by atoms with Gasteiger partial charge in [0.25, 0.3) is 0 Å². The lowest BCUT2D eigenvalue weighted by Crippen LogP contribution is -2.35. The molecule has 2 aromatic rings. The highest BCUT2D eigenvalue weighted by molar-refractivity contribution is 5.87. The van der Waals surface area contributed by atoms with E-state index in [1.54, 1.807) is 6.92 Å². The Kier molecular flexibility index (Phi) is 8.40. The highest BCUT2D eigenvalue weighted by Crippen LogP contribution is 2.34. The fraction of sp³-hybridized carbons (Fsp3) is 0.483. The summed E-state index contributed by atoms with van der Waals surface area (Å²) in [7, 11) is 0. The first-order valence-corrected chi connectivity index (χ1v) is 11.7. The SMILES string of the molecule is C=C(C)C(=O)OC(C)(C)CCC(C)(C)Oc1ccc(C(C)(C)c2ccc(OCC)cc2)cc1. The molecule has 2 rings (SSSR count). The monoisotopic (exact) mass is 452 g/mol. The average Bonchev–Trinajstić information content (AvgIpc) is 2.73. The molecule has 0 amide bonds. The quantitative estimate of drug-likeness (QED) is 0.266. The van der Waals surface area contributed by atoms with Crippen molar-refractivity contribution in [2.24, 2.45) is 0 Å². The molecule has 0 radical (unpaired) electrons. The second-order valence-electron chi connectivity index (χ2n) is 10.4. The molecule has 4 heteroatoms. The number of carbonyl (C=O) groups is 1. The molecule has 180 valence electrons. The summed E-state index contributed by atoms with van der Waals surface area (Å²) in [6.07, 6.45) is 1.42. The van der Waals surface area contributed by atoms with E-state index in [4.69, 9.17) is 14.2 Å². The minimum atomic E-state index is -0.581. The smallest absolute Gasteiger partial charge is 0.333 e. The van der Waals surface area contributed by atoms with Gasteiger partial charge in [-0.15, -0.1) is 0 Å². The van der Waals surface area contributed by atoms with Gasteiger partial charge in [0.15, 0.2) is 0 Å². The molecule has 0 unspecified atom stereocenters. The van der Waals surface area contributed by atoms with Crippen molar-refractivity contribution < 1.29 is 19.0 Å². The molecule has 0 aromatic heterocycles. The third-order valence-corrected chi connectivity index (χ3v) is 5.90. The third kappa shape index (κ3) is 7.66. The number of hydrogen-bond donors (Lipinski definition) is 0. The van der Waals surface area contributed by atoms with E-state index in [0.717, 1.165) is 17.9 Å². The summed E-state index contributed by atoms with van der Waals surface area (Å²) in [5.74, 6) is 1.35. The second kappa shape index (κ2) is 10.5. The zero-order chi connectivity index (χ0) is 24.9. The Morgan fingerprint density at radius 2 is 1.24 bits per heavy atom. The van der Waals surface area contributed by atoms with E-state index in [2.05, 4.69) is 58.5 Å². The van der Waals surface area contributed by atoms with Crippen LogP contribution in [0.4, 0.5) is 0 Å². The van der Waals surface area contributed by atoms with Crippen LogP contribution in [-0.2, 0) is 14.9 Å². The van der Waals surface area contributed by atoms with Crippen molar-refractivity contribution in [2.75, 3.05) is 6.61 Å². The van der Waals surface area contributed by atoms with Gasteiger partial charge in [0.1, 0.15) is 22.7 Å². The van der Waals surface area contributed by atoms with Gasteiger partial charge in [-0.3, -0.25) is 0 Å².